The van der Waals surface area contributed by atoms with Gasteiger partial charge in [-0.2, -0.15) is 0 Å². The van der Waals surface area contributed by atoms with E-state index in [4.69, 9.17) is 4.74 Å². The number of aromatic hydroxyl groups is 1. The standard InChI is InChI=1S/C24H29N7O3/c1-15(2)27-24(33)23-29-28-22(18-6-7-19-17(21(18)32)4-3-9-25-19)31(23)16-5-8-20(26-14-16)30-10-12-34-13-11-30/h5-8,14-15,25,32H,3-4,9-13H2,1-2H3,(H,27,33). The topological polar surface area (TPSA) is 117 Å². The number of phenols is 1. The van der Waals surface area contributed by atoms with Gasteiger partial charge in [0.2, 0.25) is 5.82 Å². The summed E-state index contributed by atoms with van der Waals surface area (Å²) in [6, 6.07) is 7.51. The van der Waals surface area contributed by atoms with Crippen molar-refractivity contribution in [2.75, 3.05) is 43.1 Å². The van der Waals surface area contributed by atoms with Gasteiger partial charge in [0.1, 0.15) is 11.6 Å². The molecule has 1 fully saturated rings. The van der Waals surface area contributed by atoms with E-state index < -0.39 is 0 Å². The number of hydrogen-bond donors (Lipinski definition) is 3. The number of morpholine rings is 1. The largest absolute Gasteiger partial charge is 0.507 e. The molecule has 2 aliphatic heterocycles. The molecular weight excluding hydrogens is 434 g/mol. The number of carbonyl (C=O) groups is 1. The van der Waals surface area contributed by atoms with E-state index in [1.54, 1.807) is 10.8 Å². The van der Waals surface area contributed by atoms with Gasteiger partial charge >= 0.3 is 0 Å². The fraction of sp³-hybridized carbons (Fsp3) is 0.417. The van der Waals surface area contributed by atoms with Crippen molar-refractivity contribution in [3.05, 3.63) is 41.9 Å². The van der Waals surface area contributed by atoms with E-state index in [1.807, 2.05) is 38.1 Å². The highest BCUT2D eigenvalue weighted by Gasteiger charge is 2.26. The van der Waals surface area contributed by atoms with E-state index in [1.165, 1.54) is 0 Å². The zero-order chi connectivity index (χ0) is 23.7. The number of amides is 1. The molecule has 1 amide bonds. The fourth-order valence-electron chi connectivity index (χ4n) is 4.39. The minimum atomic E-state index is -0.342. The van der Waals surface area contributed by atoms with Gasteiger partial charge in [0.15, 0.2) is 5.82 Å². The van der Waals surface area contributed by atoms with Crippen LogP contribution in [0.3, 0.4) is 0 Å². The zero-order valence-electron chi connectivity index (χ0n) is 19.4. The second-order valence-electron chi connectivity index (χ2n) is 8.80. The van der Waals surface area contributed by atoms with Gasteiger partial charge < -0.3 is 25.4 Å². The molecule has 0 atom stereocenters. The molecular formula is C24H29N7O3. The molecule has 0 saturated carbocycles. The molecule has 2 aromatic heterocycles. The number of phenolic OH excluding ortho intramolecular Hbond substituents is 1. The van der Waals surface area contributed by atoms with Gasteiger partial charge in [-0.1, -0.05) is 0 Å². The summed E-state index contributed by atoms with van der Waals surface area (Å²) >= 11 is 0. The van der Waals surface area contributed by atoms with Gasteiger partial charge in [-0.3, -0.25) is 9.36 Å². The van der Waals surface area contributed by atoms with Gasteiger partial charge in [0.05, 0.1) is 30.7 Å². The Kier molecular flexibility index (Phi) is 6.06. The summed E-state index contributed by atoms with van der Waals surface area (Å²) in [6.45, 7) is 7.56. The van der Waals surface area contributed by atoms with Crippen molar-refractivity contribution in [1.82, 2.24) is 25.1 Å². The predicted molar refractivity (Wildman–Crippen MR) is 129 cm³/mol. The SMILES string of the molecule is CC(C)NC(=O)c1nnc(-c2ccc3c(c2O)CCCN3)n1-c1ccc(N2CCOCC2)nc1. The lowest BCUT2D eigenvalue weighted by molar-refractivity contribution is 0.0930. The Morgan fingerprint density at radius 1 is 1.18 bits per heavy atom. The van der Waals surface area contributed by atoms with E-state index in [9.17, 15) is 9.90 Å². The Labute approximate surface area is 198 Å². The number of hydrogen-bond acceptors (Lipinski definition) is 8. The summed E-state index contributed by atoms with van der Waals surface area (Å²) < 4.78 is 7.09. The third kappa shape index (κ3) is 4.16. The van der Waals surface area contributed by atoms with Crippen LogP contribution in [0.1, 0.15) is 36.5 Å². The number of nitrogens with zero attached hydrogens (tertiary/aromatic N) is 5. The van der Waals surface area contributed by atoms with Gasteiger partial charge in [-0.15, -0.1) is 10.2 Å². The van der Waals surface area contributed by atoms with Gasteiger partial charge in [0.25, 0.3) is 5.91 Å². The molecule has 0 radical (unpaired) electrons. The number of rotatable bonds is 5. The lowest BCUT2D eigenvalue weighted by Crippen LogP contribution is -2.36. The molecule has 10 nitrogen and oxygen atoms in total. The summed E-state index contributed by atoms with van der Waals surface area (Å²) in [4.78, 5) is 19.8. The second-order valence-corrected chi connectivity index (χ2v) is 8.80. The third-order valence-corrected chi connectivity index (χ3v) is 6.05. The maximum Gasteiger partial charge on any atom is 0.289 e. The van der Waals surface area contributed by atoms with Gasteiger partial charge in [-0.05, 0) is 51.0 Å². The number of carbonyl (C=O) groups excluding carboxylic acids is 1. The first kappa shape index (κ1) is 22.1. The van der Waals surface area contributed by atoms with Crippen molar-refractivity contribution >= 4 is 17.4 Å². The number of nitrogens with one attached hydrogen (secondary N) is 2. The van der Waals surface area contributed by atoms with E-state index in [2.05, 4.69) is 30.7 Å². The van der Waals surface area contributed by atoms with Crippen LogP contribution in [0.5, 0.6) is 5.75 Å². The first-order chi connectivity index (χ1) is 16.5. The van der Waals surface area contributed by atoms with Crippen molar-refractivity contribution in [3.63, 3.8) is 0 Å². The molecule has 1 aromatic carbocycles. The van der Waals surface area contributed by atoms with Crippen LogP contribution in [-0.2, 0) is 11.2 Å². The molecule has 0 bridgehead atoms. The molecule has 3 aromatic rings. The maximum absolute atomic E-state index is 13.0. The fourth-order valence-corrected chi connectivity index (χ4v) is 4.39. The molecule has 3 N–H and O–H groups in total. The monoisotopic (exact) mass is 463 g/mol. The van der Waals surface area contributed by atoms with Gasteiger partial charge in [-0.25, -0.2) is 4.98 Å². The number of fused-ring (bicyclic) bond motifs is 1. The highest BCUT2D eigenvalue weighted by Crippen LogP contribution is 2.39. The Morgan fingerprint density at radius 3 is 2.74 bits per heavy atom. The zero-order valence-corrected chi connectivity index (χ0v) is 19.4. The molecule has 4 heterocycles. The number of aromatic nitrogens is 4. The quantitative estimate of drug-likeness (QED) is 0.528. The van der Waals surface area contributed by atoms with Crippen LogP contribution >= 0.6 is 0 Å². The van der Waals surface area contributed by atoms with Gasteiger partial charge in [0, 0.05) is 36.9 Å². The van der Waals surface area contributed by atoms with E-state index in [0.29, 0.717) is 30.3 Å². The Bertz CT molecular complexity index is 1180. The van der Waals surface area contributed by atoms with Crippen LogP contribution in [0, 0.1) is 0 Å². The minimum Gasteiger partial charge on any atom is -0.507 e. The molecule has 5 rings (SSSR count). The molecule has 0 unspecified atom stereocenters. The first-order valence-electron chi connectivity index (χ1n) is 11.7. The number of anilines is 2. The molecule has 10 heteroatoms. The van der Waals surface area contributed by atoms with Crippen molar-refractivity contribution in [2.45, 2.75) is 32.7 Å². The summed E-state index contributed by atoms with van der Waals surface area (Å²) in [5.41, 5.74) is 2.94. The maximum atomic E-state index is 13.0. The number of benzene rings is 1. The van der Waals surface area contributed by atoms with Crippen LogP contribution in [0.25, 0.3) is 17.1 Å². The molecule has 178 valence electrons. The van der Waals surface area contributed by atoms with Crippen LogP contribution in [-0.4, -0.2) is 69.7 Å². The highest BCUT2D eigenvalue weighted by molar-refractivity contribution is 5.92. The van der Waals surface area contributed by atoms with Crippen molar-refractivity contribution in [2.24, 2.45) is 0 Å². The van der Waals surface area contributed by atoms with E-state index in [0.717, 1.165) is 49.5 Å². The predicted octanol–water partition coefficient (Wildman–Crippen LogP) is 2.37. The summed E-state index contributed by atoms with van der Waals surface area (Å²) in [5, 5.41) is 25.9. The minimum absolute atomic E-state index is 0.0638. The smallest absolute Gasteiger partial charge is 0.289 e. The van der Waals surface area contributed by atoms with Crippen molar-refractivity contribution < 1.29 is 14.6 Å². The summed E-state index contributed by atoms with van der Waals surface area (Å²) in [5.74, 6) is 1.19. The summed E-state index contributed by atoms with van der Waals surface area (Å²) in [7, 11) is 0. The lowest BCUT2D eigenvalue weighted by atomic mass is 9.98. The van der Waals surface area contributed by atoms with Crippen LogP contribution < -0.4 is 15.5 Å². The number of ether oxygens (including phenoxy) is 1. The Hall–Kier alpha value is -3.66. The second kappa shape index (κ2) is 9.30. The number of pyridine rings is 1. The van der Waals surface area contributed by atoms with Crippen molar-refractivity contribution in [1.29, 1.82) is 0 Å². The molecule has 34 heavy (non-hydrogen) atoms. The summed E-state index contributed by atoms with van der Waals surface area (Å²) in [6.07, 6.45) is 3.42. The normalized spacial score (nSPS) is 15.7. The molecule has 1 saturated heterocycles. The Balaban J connectivity index is 1.59. The average Bonchev–Trinajstić information content (AvgIpc) is 3.30. The third-order valence-electron chi connectivity index (χ3n) is 6.05. The van der Waals surface area contributed by atoms with E-state index >= 15 is 0 Å². The first-order valence-corrected chi connectivity index (χ1v) is 11.7. The van der Waals surface area contributed by atoms with Crippen LogP contribution in [0.4, 0.5) is 11.5 Å². The molecule has 0 spiro atoms. The van der Waals surface area contributed by atoms with Crippen LogP contribution in [0.2, 0.25) is 0 Å². The molecule has 2 aliphatic rings. The Morgan fingerprint density at radius 2 is 2.00 bits per heavy atom. The highest BCUT2D eigenvalue weighted by atomic mass is 16.5. The lowest BCUT2D eigenvalue weighted by Gasteiger charge is -2.27. The van der Waals surface area contributed by atoms with Crippen molar-refractivity contribution in [3.8, 4) is 22.8 Å². The van der Waals surface area contributed by atoms with Crippen LogP contribution in [0.15, 0.2) is 30.5 Å². The van der Waals surface area contributed by atoms with E-state index in [-0.39, 0.29) is 23.5 Å². The molecule has 0 aliphatic carbocycles. The average molecular weight is 464 g/mol.